The minimum absolute atomic E-state index is 1.45. The highest BCUT2D eigenvalue weighted by molar-refractivity contribution is 7.85. The third-order valence-corrected chi connectivity index (χ3v) is 3.79. The Morgan fingerprint density at radius 2 is 2.00 bits per heavy atom. The van der Waals surface area contributed by atoms with Gasteiger partial charge in [-0.3, -0.25) is 4.57 Å². The van der Waals surface area contributed by atoms with E-state index in [9.17, 15) is 4.57 Å². The number of hydrogen-bond donors (Lipinski definition) is 1. The van der Waals surface area contributed by atoms with E-state index in [1.54, 1.807) is 21.1 Å². The Hall–Kier alpha value is 0.440. The van der Waals surface area contributed by atoms with Crippen LogP contribution in [0.15, 0.2) is 0 Å². The van der Waals surface area contributed by atoms with Crippen LogP contribution in [0, 0.1) is 0 Å². The van der Waals surface area contributed by atoms with Crippen molar-refractivity contribution in [2.24, 2.45) is 0 Å². The number of rotatable bonds is 2. The fourth-order valence-electron chi connectivity index (χ4n) is 0.200. The van der Waals surface area contributed by atoms with Gasteiger partial charge in [0.1, 0.15) is 0 Å². The van der Waals surface area contributed by atoms with E-state index in [2.05, 4.69) is 5.09 Å². The van der Waals surface area contributed by atoms with E-state index < -0.39 is 6.80 Å². The molecule has 0 aromatic heterocycles. The summed E-state index contributed by atoms with van der Waals surface area (Å²) in [5, 5.41) is 2.49. The Labute approximate surface area is 54.3 Å². The molecule has 8 heavy (non-hydrogen) atoms. The first kappa shape index (κ1) is 8.44. The topological polar surface area (TPSA) is 32.3 Å². The molecule has 0 aromatic carbocycles. The molecule has 0 aliphatic heterocycles. The highest BCUT2D eigenvalue weighted by Crippen LogP contribution is 2.47. The van der Waals surface area contributed by atoms with Gasteiger partial charge in [0.2, 0.25) is 0 Å². The van der Waals surface area contributed by atoms with E-state index in [0.29, 0.717) is 0 Å². The minimum Gasteiger partial charge on any atom is -0.271 e. The Bertz CT molecular complexity index is 116. The number of nitrogens with one attached hydrogen (secondary N) is 1. The molecule has 0 aliphatic carbocycles. The van der Waals surface area contributed by atoms with Crippen LogP contribution in [0.25, 0.3) is 0 Å². The fourth-order valence-corrected chi connectivity index (χ4v) is 0.600. The molecule has 1 atom stereocenters. The summed E-state index contributed by atoms with van der Waals surface area (Å²) in [4.78, 5) is 0. The van der Waals surface area contributed by atoms with Crippen LogP contribution in [0.4, 0.5) is 0 Å². The summed E-state index contributed by atoms with van der Waals surface area (Å²) in [6.45, 7) is -2.69. The van der Waals surface area contributed by atoms with Crippen molar-refractivity contribution in [2.75, 3.05) is 21.1 Å². The van der Waals surface area contributed by atoms with Crippen LogP contribution in [-0.4, -0.2) is 25.8 Å². The van der Waals surface area contributed by atoms with Gasteiger partial charge in [-0.25, -0.2) is 9.76 Å². The van der Waals surface area contributed by atoms with Crippen molar-refractivity contribution in [3.05, 3.63) is 0 Å². The lowest BCUT2D eigenvalue weighted by atomic mass is 11.3. The van der Waals surface area contributed by atoms with E-state index in [1.165, 1.54) is 4.67 Å². The summed E-state index contributed by atoms with van der Waals surface area (Å²) < 4.78 is 12.3. The standard InChI is InChI=1S/C3H10ClN2OP/c1-5-8(4,7)6(2)3/h1-3H3,(H,5,7). The SMILES string of the molecule is CNP(=O)(Cl)N(C)C. The first-order chi connectivity index (χ1) is 3.50. The molecule has 0 aliphatic rings. The lowest BCUT2D eigenvalue weighted by Gasteiger charge is -2.15. The van der Waals surface area contributed by atoms with Crippen molar-refractivity contribution >= 4 is 18.0 Å². The second-order valence-electron chi connectivity index (χ2n) is 1.57. The summed E-state index contributed by atoms with van der Waals surface area (Å²) in [5.74, 6) is 0. The monoisotopic (exact) mass is 156 g/mol. The van der Waals surface area contributed by atoms with Crippen LogP contribution in [0.3, 0.4) is 0 Å². The zero-order chi connectivity index (χ0) is 6.78. The number of halogens is 1. The van der Waals surface area contributed by atoms with E-state index >= 15 is 0 Å². The molecule has 0 spiro atoms. The van der Waals surface area contributed by atoms with Crippen LogP contribution < -0.4 is 5.09 Å². The molecule has 1 unspecified atom stereocenters. The molecule has 0 saturated heterocycles. The predicted molar refractivity (Wildman–Crippen MR) is 36.2 cm³/mol. The lowest BCUT2D eigenvalue weighted by Crippen LogP contribution is -2.13. The van der Waals surface area contributed by atoms with Gasteiger partial charge in [0.15, 0.2) is 0 Å². The molecule has 50 valence electrons. The Morgan fingerprint density at radius 3 is 2.00 bits per heavy atom. The smallest absolute Gasteiger partial charge is 0.271 e. The number of nitrogens with zero attached hydrogens (tertiary/aromatic N) is 1. The van der Waals surface area contributed by atoms with E-state index in [-0.39, 0.29) is 0 Å². The van der Waals surface area contributed by atoms with Crippen LogP contribution in [-0.2, 0) is 4.57 Å². The van der Waals surface area contributed by atoms with Crippen molar-refractivity contribution in [3.8, 4) is 0 Å². The summed E-state index contributed by atoms with van der Waals surface area (Å²) in [7, 11) is 4.88. The third kappa shape index (κ3) is 2.14. The zero-order valence-electron chi connectivity index (χ0n) is 5.18. The normalized spacial score (nSPS) is 18.6. The summed E-state index contributed by atoms with van der Waals surface area (Å²) >= 11 is 5.43. The maximum Gasteiger partial charge on any atom is 0.301 e. The molecule has 0 radical (unpaired) electrons. The van der Waals surface area contributed by atoms with Gasteiger partial charge in [-0.2, -0.15) is 0 Å². The van der Waals surface area contributed by atoms with Crippen LogP contribution in [0.1, 0.15) is 0 Å². The van der Waals surface area contributed by atoms with Crippen LogP contribution in [0.2, 0.25) is 0 Å². The van der Waals surface area contributed by atoms with Gasteiger partial charge < -0.3 is 0 Å². The highest BCUT2D eigenvalue weighted by Gasteiger charge is 2.16. The van der Waals surface area contributed by atoms with Crippen molar-refractivity contribution in [3.63, 3.8) is 0 Å². The van der Waals surface area contributed by atoms with Crippen LogP contribution in [0.5, 0.6) is 0 Å². The maximum absolute atomic E-state index is 10.9. The van der Waals surface area contributed by atoms with E-state index in [4.69, 9.17) is 11.2 Å². The first-order valence-corrected chi connectivity index (χ1v) is 4.73. The summed E-state index contributed by atoms with van der Waals surface area (Å²) in [6.07, 6.45) is 0. The highest BCUT2D eigenvalue weighted by atomic mass is 35.7. The van der Waals surface area contributed by atoms with E-state index in [0.717, 1.165) is 0 Å². The molecular weight excluding hydrogens is 146 g/mol. The largest absolute Gasteiger partial charge is 0.301 e. The van der Waals surface area contributed by atoms with Gasteiger partial charge in [0.25, 0.3) is 0 Å². The Morgan fingerprint density at radius 1 is 1.62 bits per heavy atom. The molecule has 0 bridgehead atoms. The summed E-state index contributed by atoms with van der Waals surface area (Å²) in [6, 6.07) is 0. The molecule has 3 nitrogen and oxygen atoms in total. The Balaban J connectivity index is 3.93. The molecule has 0 aromatic rings. The predicted octanol–water partition coefficient (Wildman–Crippen LogP) is 1.11. The quantitative estimate of drug-likeness (QED) is 0.608. The van der Waals surface area contributed by atoms with Gasteiger partial charge in [0, 0.05) is 0 Å². The fraction of sp³-hybridized carbons (Fsp3) is 1.00. The average Bonchev–Trinajstić information content (AvgIpc) is 1.67. The van der Waals surface area contributed by atoms with Gasteiger partial charge in [0.05, 0.1) is 0 Å². The van der Waals surface area contributed by atoms with Crippen molar-refractivity contribution in [1.82, 2.24) is 9.76 Å². The molecule has 1 N–H and O–H groups in total. The first-order valence-electron chi connectivity index (χ1n) is 2.17. The third-order valence-electron chi connectivity index (χ3n) is 0.790. The Kier molecular flexibility index (Phi) is 2.99. The van der Waals surface area contributed by atoms with Gasteiger partial charge in [-0.1, -0.05) is 0 Å². The molecule has 0 fully saturated rings. The van der Waals surface area contributed by atoms with Crippen molar-refractivity contribution < 1.29 is 4.57 Å². The van der Waals surface area contributed by atoms with Gasteiger partial charge in [-0.15, -0.1) is 0 Å². The molecular formula is C3H10ClN2OP. The van der Waals surface area contributed by atoms with Crippen molar-refractivity contribution in [2.45, 2.75) is 0 Å². The minimum atomic E-state index is -2.69. The maximum atomic E-state index is 10.9. The summed E-state index contributed by atoms with van der Waals surface area (Å²) in [5.41, 5.74) is 0. The lowest BCUT2D eigenvalue weighted by molar-refractivity contribution is 0.521. The number of hydrogen-bond acceptors (Lipinski definition) is 1. The van der Waals surface area contributed by atoms with Crippen molar-refractivity contribution in [1.29, 1.82) is 0 Å². The molecule has 0 rings (SSSR count). The average molecular weight is 157 g/mol. The van der Waals surface area contributed by atoms with Gasteiger partial charge in [-0.05, 0) is 32.4 Å². The van der Waals surface area contributed by atoms with E-state index in [1.807, 2.05) is 0 Å². The van der Waals surface area contributed by atoms with Gasteiger partial charge >= 0.3 is 6.80 Å². The molecule has 0 amide bonds. The zero-order valence-corrected chi connectivity index (χ0v) is 6.83. The second-order valence-corrected chi connectivity index (χ2v) is 5.20. The molecule has 0 saturated carbocycles. The molecule has 0 heterocycles. The van der Waals surface area contributed by atoms with Crippen LogP contribution >= 0.6 is 18.0 Å². The second kappa shape index (κ2) is 2.83. The molecule has 5 heteroatoms.